The number of Topliss-reactive ketones (excluding diaryl/α,β-unsaturated/α-hetero) is 1. The third-order valence-electron chi connectivity index (χ3n) is 6.91. The molecule has 37 heavy (non-hydrogen) atoms. The lowest BCUT2D eigenvalue weighted by Gasteiger charge is -2.38. The normalized spacial score (nSPS) is 21.4. The van der Waals surface area contributed by atoms with E-state index in [9.17, 15) is 9.59 Å². The van der Waals surface area contributed by atoms with Gasteiger partial charge in [0.05, 0.1) is 31.8 Å². The van der Waals surface area contributed by atoms with Crippen LogP contribution in [-0.2, 0) is 14.3 Å². The van der Waals surface area contributed by atoms with Crippen LogP contribution in [0, 0.1) is 11.8 Å². The minimum absolute atomic E-state index is 0.0116. The minimum atomic E-state index is -0.545. The maximum absolute atomic E-state index is 13.8. The number of hydrogen-bond acceptors (Lipinski definition) is 6. The summed E-state index contributed by atoms with van der Waals surface area (Å²) in [5, 5.41) is 0.659. The van der Waals surface area contributed by atoms with E-state index in [2.05, 4.69) is 0 Å². The standard InChI is InChI=1S/C30H34ClNO5/c1-6-36-25-12-9-20(15-26(25)35-5)28-27(30(34)37-16-17(2)3)18(4)32-23-13-21(14-24(33)29(23)28)19-7-10-22(31)11-8-19/h7-12,15,17,21,28-29H,6,13-14,16H2,1-5H3/t21-,28-,29?/m0/s1. The van der Waals surface area contributed by atoms with Gasteiger partial charge >= 0.3 is 5.97 Å². The van der Waals surface area contributed by atoms with Crippen molar-refractivity contribution in [1.82, 2.24) is 0 Å². The predicted octanol–water partition coefficient (Wildman–Crippen LogP) is 6.52. The van der Waals surface area contributed by atoms with E-state index in [1.54, 1.807) is 7.11 Å². The number of nitrogens with zero attached hydrogens (tertiary/aromatic N) is 1. The molecule has 2 aliphatic rings. The number of esters is 1. The summed E-state index contributed by atoms with van der Waals surface area (Å²) >= 11 is 6.08. The van der Waals surface area contributed by atoms with Crippen LogP contribution in [0.2, 0.25) is 5.02 Å². The van der Waals surface area contributed by atoms with E-state index in [-0.39, 0.29) is 17.6 Å². The zero-order valence-electron chi connectivity index (χ0n) is 22.0. The average molecular weight is 524 g/mol. The van der Waals surface area contributed by atoms with Crippen molar-refractivity contribution < 1.29 is 23.8 Å². The molecule has 2 aromatic rings. The molecule has 0 aromatic heterocycles. The minimum Gasteiger partial charge on any atom is -0.493 e. The molecule has 4 rings (SSSR count). The van der Waals surface area contributed by atoms with Crippen LogP contribution in [0.1, 0.15) is 63.5 Å². The Balaban J connectivity index is 1.78. The number of carbonyl (C=O) groups is 2. The van der Waals surface area contributed by atoms with Gasteiger partial charge in [0.15, 0.2) is 11.5 Å². The molecule has 0 saturated heterocycles. The molecule has 0 amide bonds. The molecule has 1 saturated carbocycles. The molecule has 1 fully saturated rings. The number of aliphatic imine (C=N–C) groups is 1. The maximum Gasteiger partial charge on any atom is 0.336 e. The van der Waals surface area contributed by atoms with E-state index in [1.165, 1.54) is 0 Å². The first-order valence-electron chi connectivity index (χ1n) is 12.8. The molecule has 0 N–H and O–H groups in total. The summed E-state index contributed by atoms with van der Waals surface area (Å²) in [4.78, 5) is 32.0. The topological polar surface area (TPSA) is 74.2 Å². The van der Waals surface area contributed by atoms with Gasteiger partial charge in [0.1, 0.15) is 5.78 Å². The van der Waals surface area contributed by atoms with Crippen LogP contribution in [0.15, 0.2) is 58.7 Å². The predicted molar refractivity (Wildman–Crippen MR) is 145 cm³/mol. The highest BCUT2D eigenvalue weighted by molar-refractivity contribution is 6.30. The summed E-state index contributed by atoms with van der Waals surface area (Å²) in [6.07, 6.45) is 0.998. The molecule has 1 unspecified atom stereocenters. The molecule has 2 aromatic carbocycles. The lowest BCUT2D eigenvalue weighted by atomic mass is 9.66. The molecule has 3 atom stereocenters. The van der Waals surface area contributed by atoms with E-state index >= 15 is 0 Å². The summed E-state index contributed by atoms with van der Waals surface area (Å²) < 4.78 is 17.0. The highest BCUT2D eigenvalue weighted by Crippen LogP contribution is 2.47. The summed E-state index contributed by atoms with van der Waals surface area (Å²) in [7, 11) is 1.58. The Morgan fingerprint density at radius 1 is 1.05 bits per heavy atom. The van der Waals surface area contributed by atoms with Gasteiger partial charge in [0, 0.05) is 28.8 Å². The smallest absolute Gasteiger partial charge is 0.336 e. The summed E-state index contributed by atoms with van der Waals surface area (Å²) in [5.41, 5.74) is 3.67. The first-order valence-corrected chi connectivity index (χ1v) is 13.2. The highest BCUT2D eigenvalue weighted by Gasteiger charge is 2.46. The van der Waals surface area contributed by atoms with E-state index in [4.69, 9.17) is 30.8 Å². The molecular formula is C30H34ClNO5. The number of benzene rings is 2. The zero-order chi connectivity index (χ0) is 26.7. The molecule has 0 spiro atoms. The molecule has 1 aliphatic heterocycles. The summed E-state index contributed by atoms with van der Waals surface area (Å²) in [6.45, 7) is 8.50. The Hall–Kier alpha value is -3.12. The van der Waals surface area contributed by atoms with E-state index in [1.807, 2.05) is 70.2 Å². The van der Waals surface area contributed by atoms with Gasteiger partial charge in [0.2, 0.25) is 0 Å². The molecule has 7 heteroatoms. The Bertz CT molecular complexity index is 1230. The van der Waals surface area contributed by atoms with Gasteiger partial charge in [-0.05, 0) is 67.5 Å². The van der Waals surface area contributed by atoms with Crippen LogP contribution < -0.4 is 9.47 Å². The van der Waals surface area contributed by atoms with Crippen LogP contribution in [0.3, 0.4) is 0 Å². The fourth-order valence-electron chi connectivity index (χ4n) is 5.24. The van der Waals surface area contributed by atoms with Crippen LogP contribution >= 0.6 is 11.6 Å². The Kier molecular flexibility index (Phi) is 8.38. The third kappa shape index (κ3) is 5.74. The molecule has 196 valence electrons. The van der Waals surface area contributed by atoms with Crippen molar-refractivity contribution >= 4 is 29.1 Å². The van der Waals surface area contributed by atoms with Crippen molar-refractivity contribution in [3.8, 4) is 11.5 Å². The molecule has 6 nitrogen and oxygen atoms in total. The number of methoxy groups -OCH3 is 1. The monoisotopic (exact) mass is 523 g/mol. The van der Waals surface area contributed by atoms with Crippen LogP contribution in [0.4, 0.5) is 0 Å². The second kappa shape index (κ2) is 11.5. The fourth-order valence-corrected chi connectivity index (χ4v) is 5.37. The molecular weight excluding hydrogens is 490 g/mol. The van der Waals surface area contributed by atoms with Crippen molar-refractivity contribution in [2.75, 3.05) is 20.3 Å². The number of ether oxygens (including phenoxy) is 3. The second-order valence-electron chi connectivity index (χ2n) is 10.0. The lowest BCUT2D eigenvalue weighted by Crippen LogP contribution is -2.41. The Labute approximate surface area is 223 Å². The maximum atomic E-state index is 13.8. The van der Waals surface area contributed by atoms with Crippen molar-refractivity contribution in [1.29, 1.82) is 0 Å². The van der Waals surface area contributed by atoms with Gasteiger partial charge in [-0.15, -0.1) is 0 Å². The zero-order valence-corrected chi connectivity index (χ0v) is 22.8. The van der Waals surface area contributed by atoms with Gasteiger partial charge in [-0.25, -0.2) is 4.79 Å². The van der Waals surface area contributed by atoms with Gasteiger partial charge in [-0.3, -0.25) is 9.79 Å². The van der Waals surface area contributed by atoms with Crippen LogP contribution in [0.5, 0.6) is 11.5 Å². The molecule has 0 bridgehead atoms. The molecule has 0 radical (unpaired) electrons. The van der Waals surface area contributed by atoms with Crippen molar-refractivity contribution in [2.24, 2.45) is 16.8 Å². The molecule has 1 heterocycles. The number of rotatable bonds is 8. The number of carbonyl (C=O) groups excluding carboxylic acids is 2. The van der Waals surface area contributed by atoms with Gasteiger partial charge in [-0.2, -0.15) is 0 Å². The van der Waals surface area contributed by atoms with Crippen LogP contribution in [0.25, 0.3) is 0 Å². The van der Waals surface area contributed by atoms with Crippen LogP contribution in [-0.4, -0.2) is 37.8 Å². The first kappa shape index (κ1) is 26.9. The highest BCUT2D eigenvalue weighted by atomic mass is 35.5. The quantitative estimate of drug-likeness (QED) is 0.368. The van der Waals surface area contributed by atoms with Gasteiger partial charge < -0.3 is 14.2 Å². The third-order valence-corrected chi connectivity index (χ3v) is 7.16. The van der Waals surface area contributed by atoms with E-state index < -0.39 is 17.8 Å². The SMILES string of the molecule is CCOc1ccc([C@H]2C(C(=O)OCC(C)C)=C(C)N=C3C[C@H](c4ccc(Cl)cc4)CC(=O)C32)cc1OC. The first-order chi connectivity index (χ1) is 17.7. The van der Waals surface area contributed by atoms with Gasteiger partial charge in [0.25, 0.3) is 0 Å². The Morgan fingerprint density at radius 3 is 2.41 bits per heavy atom. The summed E-state index contributed by atoms with van der Waals surface area (Å²) in [5.74, 6) is -0.0690. The second-order valence-corrected chi connectivity index (χ2v) is 10.5. The number of fused-ring (bicyclic) bond motifs is 1. The Morgan fingerprint density at radius 2 is 1.76 bits per heavy atom. The van der Waals surface area contributed by atoms with Gasteiger partial charge in [-0.1, -0.05) is 43.6 Å². The largest absolute Gasteiger partial charge is 0.493 e. The number of halogens is 1. The number of ketones is 1. The molecule has 1 aliphatic carbocycles. The lowest BCUT2D eigenvalue weighted by molar-refractivity contribution is -0.140. The van der Waals surface area contributed by atoms with Crippen molar-refractivity contribution in [3.63, 3.8) is 0 Å². The number of hydrogen-bond donors (Lipinski definition) is 0. The average Bonchev–Trinajstić information content (AvgIpc) is 2.87. The van der Waals surface area contributed by atoms with E-state index in [0.29, 0.717) is 53.8 Å². The van der Waals surface area contributed by atoms with Crippen molar-refractivity contribution in [3.05, 3.63) is 69.9 Å². The van der Waals surface area contributed by atoms with Crippen molar-refractivity contribution in [2.45, 2.75) is 52.4 Å². The summed E-state index contributed by atoms with van der Waals surface area (Å²) in [6, 6.07) is 13.2. The van der Waals surface area contributed by atoms with E-state index in [0.717, 1.165) is 16.8 Å². The fraction of sp³-hybridized carbons (Fsp3) is 0.433. The number of allylic oxidation sites excluding steroid dienone is 1.